The van der Waals surface area contributed by atoms with Gasteiger partial charge in [0.1, 0.15) is 5.75 Å². The van der Waals surface area contributed by atoms with Crippen LogP contribution in [0.15, 0.2) is 18.2 Å². The Morgan fingerprint density at radius 2 is 2.31 bits per heavy atom. The molecule has 1 atom stereocenters. The Bertz CT molecular complexity index is 432. The van der Waals surface area contributed by atoms with E-state index in [2.05, 4.69) is 11.2 Å². The summed E-state index contributed by atoms with van der Waals surface area (Å²) in [6, 6.07) is 4.96. The average Bonchev–Trinajstić information content (AvgIpc) is 2.22. The highest BCUT2D eigenvalue weighted by Crippen LogP contribution is 2.21. The van der Waals surface area contributed by atoms with E-state index in [9.17, 15) is 9.90 Å². The summed E-state index contributed by atoms with van der Waals surface area (Å²) in [5.74, 6) is 2.19. The van der Waals surface area contributed by atoms with Crippen LogP contribution >= 0.6 is 0 Å². The third-order valence-corrected chi connectivity index (χ3v) is 2.28. The number of terminal acetylenes is 1. The van der Waals surface area contributed by atoms with Gasteiger partial charge in [0.2, 0.25) is 0 Å². The van der Waals surface area contributed by atoms with Crippen molar-refractivity contribution in [2.24, 2.45) is 0 Å². The Hall–Kier alpha value is -1.95. The highest BCUT2D eigenvalue weighted by atomic mass is 16.3. The van der Waals surface area contributed by atoms with Gasteiger partial charge in [-0.25, -0.2) is 0 Å². The quantitative estimate of drug-likeness (QED) is 0.759. The number of carbonyl (C=O) groups excluding carboxylic acids is 1. The fourth-order valence-electron chi connectivity index (χ4n) is 1.37. The van der Waals surface area contributed by atoms with Crippen LogP contribution < -0.4 is 5.32 Å². The lowest BCUT2D eigenvalue weighted by atomic mass is 10.1. The van der Waals surface area contributed by atoms with E-state index in [0.717, 1.165) is 0 Å². The molecule has 3 heteroatoms. The van der Waals surface area contributed by atoms with Crippen LogP contribution in [0.1, 0.15) is 29.3 Å². The van der Waals surface area contributed by atoms with E-state index in [-0.39, 0.29) is 23.3 Å². The van der Waals surface area contributed by atoms with Gasteiger partial charge in [-0.15, -0.1) is 12.3 Å². The Balaban J connectivity index is 2.82. The lowest BCUT2D eigenvalue weighted by Gasteiger charge is -2.12. The predicted molar refractivity (Wildman–Crippen MR) is 63.2 cm³/mol. The Labute approximate surface area is 95.5 Å². The van der Waals surface area contributed by atoms with E-state index in [0.29, 0.717) is 12.0 Å². The summed E-state index contributed by atoms with van der Waals surface area (Å²) in [4.78, 5) is 11.8. The monoisotopic (exact) mass is 217 g/mol. The summed E-state index contributed by atoms with van der Waals surface area (Å²) >= 11 is 0. The van der Waals surface area contributed by atoms with Gasteiger partial charge in [-0.3, -0.25) is 4.79 Å². The van der Waals surface area contributed by atoms with Crippen LogP contribution in [0.4, 0.5) is 0 Å². The normalized spacial score (nSPS) is 11.6. The van der Waals surface area contributed by atoms with Crippen molar-refractivity contribution in [2.75, 3.05) is 0 Å². The molecule has 0 fully saturated rings. The summed E-state index contributed by atoms with van der Waals surface area (Å²) < 4.78 is 0. The molecular formula is C13H15NO2. The molecule has 0 radical (unpaired) electrons. The van der Waals surface area contributed by atoms with E-state index >= 15 is 0 Å². The number of amides is 1. The van der Waals surface area contributed by atoms with Gasteiger partial charge >= 0.3 is 0 Å². The SMILES string of the molecule is C#CCC(C)NC(=O)c1cccc(C)c1O. The molecule has 1 aromatic rings. The zero-order valence-corrected chi connectivity index (χ0v) is 9.45. The second kappa shape index (κ2) is 5.22. The number of aromatic hydroxyl groups is 1. The molecule has 0 spiro atoms. The third kappa shape index (κ3) is 2.77. The van der Waals surface area contributed by atoms with E-state index < -0.39 is 0 Å². The van der Waals surface area contributed by atoms with Gasteiger partial charge in [-0.05, 0) is 25.5 Å². The molecule has 16 heavy (non-hydrogen) atoms. The van der Waals surface area contributed by atoms with E-state index in [1.54, 1.807) is 25.1 Å². The Morgan fingerprint density at radius 3 is 2.94 bits per heavy atom. The van der Waals surface area contributed by atoms with Crippen molar-refractivity contribution in [1.82, 2.24) is 5.32 Å². The van der Waals surface area contributed by atoms with Crippen molar-refractivity contribution in [3.05, 3.63) is 29.3 Å². The Kier molecular flexibility index (Phi) is 3.96. The molecule has 0 bridgehead atoms. The van der Waals surface area contributed by atoms with E-state index in [1.165, 1.54) is 0 Å². The number of nitrogens with one attached hydrogen (secondary N) is 1. The van der Waals surface area contributed by atoms with Gasteiger partial charge in [0.25, 0.3) is 5.91 Å². The van der Waals surface area contributed by atoms with Crippen molar-refractivity contribution >= 4 is 5.91 Å². The van der Waals surface area contributed by atoms with Gasteiger partial charge in [0.15, 0.2) is 0 Å². The zero-order valence-electron chi connectivity index (χ0n) is 9.45. The van der Waals surface area contributed by atoms with Gasteiger partial charge in [0.05, 0.1) is 5.56 Å². The third-order valence-electron chi connectivity index (χ3n) is 2.28. The summed E-state index contributed by atoms with van der Waals surface area (Å²) in [7, 11) is 0. The van der Waals surface area contributed by atoms with E-state index in [1.807, 2.05) is 6.92 Å². The maximum Gasteiger partial charge on any atom is 0.255 e. The standard InChI is InChI=1S/C13H15NO2/c1-4-6-10(3)14-13(16)11-8-5-7-9(2)12(11)15/h1,5,7-8,10,15H,6H2,2-3H3,(H,14,16). The molecule has 0 heterocycles. The molecule has 3 nitrogen and oxygen atoms in total. The lowest BCUT2D eigenvalue weighted by Crippen LogP contribution is -2.32. The topological polar surface area (TPSA) is 49.3 Å². The molecule has 84 valence electrons. The number of rotatable bonds is 3. The molecule has 2 N–H and O–H groups in total. The average molecular weight is 217 g/mol. The minimum atomic E-state index is -0.302. The first kappa shape index (κ1) is 12.1. The molecule has 0 saturated heterocycles. The van der Waals surface area contributed by atoms with Crippen LogP contribution in [0.3, 0.4) is 0 Å². The molecule has 1 rings (SSSR count). The number of carbonyl (C=O) groups is 1. The summed E-state index contributed by atoms with van der Waals surface area (Å²) in [5.41, 5.74) is 0.959. The maximum atomic E-state index is 11.8. The molecule has 1 aromatic carbocycles. The first-order valence-corrected chi connectivity index (χ1v) is 5.09. The molecular weight excluding hydrogens is 202 g/mol. The smallest absolute Gasteiger partial charge is 0.255 e. The molecule has 0 aliphatic heterocycles. The highest BCUT2D eigenvalue weighted by molar-refractivity contribution is 5.97. The summed E-state index contributed by atoms with van der Waals surface area (Å²) in [6.45, 7) is 3.57. The minimum Gasteiger partial charge on any atom is -0.507 e. The number of aryl methyl sites for hydroxylation is 1. The van der Waals surface area contributed by atoms with Crippen molar-refractivity contribution < 1.29 is 9.90 Å². The van der Waals surface area contributed by atoms with Gasteiger partial charge in [-0.1, -0.05) is 12.1 Å². The van der Waals surface area contributed by atoms with Crippen molar-refractivity contribution in [3.8, 4) is 18.1 Å². The number of hydrogen-bond donors (Lipinski definition) is 2. The highest BCUT2D eigenvalue weighted by Gasteiger charge is 2.13. The van der Waals surface area contributed by atoms with Crippen LogP contribution in [0.25, 0.3) is 0 Å². The minimum absolute atomic E-state index is 0.0212. The summed E-state index contributed by atoms with van der Waals surface area (Å²) in [5, 5.41) is 12.4. The van der Waals surface area contributed by atoms with Crippen molar-refractivity contribution in [3.63, 3.8) is 0 Å². The van der Waals surface area contributed by atoms with Crippen LogP contribution in [0.2, 0.25) is 0 Å². The number of phenols is 1. The van der Waals surface area contributed by atoms with Gasteiger partial charge < -0.3 is 10.4 Å². The number of benzene rings is 1. The lowest BCUT2D eigenvalue weighted by molar-refractivity contribution is 0.0938. The maximum absolute atomic E-state index is 11.8. The van der Waals surface area contributed by atoms with Crippen LogP contribution in [-0.4, -0.2) is 17.1 Å². The summed E-state index contributed by atoms with van der Waals surface area (Å²) in [6.07, 6.45) is 5.62. The largest absolute Gasteiger partial charge is 0.507 e. The number of para-hydroxylation sites is 1. The fraction of sp³-hybridized carbons (Fsp3) is 0.308. The van der Waals surface area contributed by atoms with Gasteiger partial charge in [-0.2, -0.15) is 0 Å². The van der Waals surface area contributed by atoms with Crippen LogP contribution in [0, 0.1) is 19.3 Å². The second-order valence-electron chi connectivity index (χ2n) is 3.75. The predicted octanol–water partition coefficient (Wildman–Crippen LogP) is 1.84. The number of hydrogen-bond acceptors (Lipinski definition) is 2. The fourth-order valence-corrected chi connectivity index (χ4v) is 1.37. The van der Waals surface area contributed by atoms with Crippen molar-refractivity contribution in [2.45, 2.75) is 26.3 Å². The molecule has 0 aromatic heterocycles. The zero-order chi connectivity index (χ0) is 12.1. The number of phenolic OH excluding ortho intramolecular Hbond substituents is 1. The van der Waals surface area contributed by atoms with E-state index in [4.69, 9.17) is 6.42 Å². The van der Waals surface area contributed by atoms with Gasteiger partial charge in [0, 0.05) is 12.5 Å². The molecule has 0 aliphatic rings. The molecule has 1 amide bonds. The Morgan fingerprint density at radius 1 is 1.62 bits per heavy atom. The van der Waals surface area contributed by atoms with Crippen LogP contribution in [-0.2, 0) is 0 Å². The van der Waals surface area contributed by atoms with Crippen molar-refractivity contribution in [1.29, 1.82) is 0 Å². The van der Waals surface area contributed by atoms with Crippen LogP contribution in [0.5, 0.6) is 5.75 Å². The molecule has 0 aliphatic carbocycles. The molecule has 1 unspecified atom stereocenters. The first-order valence-electron chi connectivity index (χ1n) is 5.09. The second-order valence-corrected chi connectivity index (χ2v) is 3.75. The first-order chi connectivity index (χ1) is 7.56. The molecule has 0 saturated carbocycles.